The van der Waals surface area contributed by atoms with Crippen LogP contribution in [0.4, 0.5) is 8.78 Å². The average Bonchev–Trinajstić information content (AvgIpc) is 2.52. The lowest BCUT2D eigenvalue weighted by Gasteiger charge is -2.18. The average molecular weight is 356 g/mol. The van der Waals surface area contributed by atoms with Crippen molar-refractivity contribution >= 4 is 17.4 Å². The van der Waals surface area contributed by atoms with Crippen LogP contribution in [0.1, 0.15) is 25.3 Å². The van der Waals surface area contributed by atoms with Crippen molar-refractivity contribution in [2.24, 2.45) is 5.92 Å². The van der Waals surface area contributed by atoms with Crippen molar-refractivity contribution in [3.05, 3.63) is 59.3 Å². The lowest BCUT2D eigenvalue weighted by molar-refractivity contribution is 0.440. The lowest BCUT2D eigenvalue weighted by Crippen LogP contribution is -2.25. The number of amidine groups is 1. The highest BCUT2D eigenvalue weighted by Gasteiger charge is 2.14. The van der Waals surface area contributed by atoms with E-state index in [9.17, 15) is 8.78 Å². The molecule has 0 saturated carbocycles. The van der Waals surface area contributed by atoms with Crippen LogP contribution in [0.3, 0.4) is 0 Å². The number of nitrogens with one attached hydrogen (secondary N) is 3. The summed E-state index contributed by atoms with van der Waals surface area (Å²) in [6.45, 7) is 6.85. The molecule has 3 N–H and O–H groups in total. The second kappa shape index (κ2) is 10.8. The third kappa shape index (κ3) is 7.13. The van der Waals surface area contributed by atoms with Gasteiger partial charge in [0.15, 0.2) is 11.6 Å². The van der Waals surface area contributed by atoms with E-state index in [0.29, 0.717) is 24.4 Å². The number of allylic oxidation sites excluding steroid dienone is 1. The van der Waals surface area contributed by atoms with Gasteiger partial charge in [-0.15, -0.1) is 0 Å². The molecule has 0 bridgehead atoms. The smallest absolute Gasteiger partial charge is 0.177 e. The first-order chi connectivity index (χ1) is 11.5. The van der Waals surface area contributed by atoms with E-state index < -0.39 is 11.6 Å². The van der Waals surface area contributed by atoms with Gasteiger partial charge >= 0.3 is 0 Å². The summed E-state index contributed by atoms with van der Waals surface area (Å²) in [5.74, 6) is -1.33. The summed E-state index contributed by atoms with van der Waals surface area (Å²) in [4.78, 5) is 0. The van der Waals surface area contributed by atoms with Crippen LogP contribution in [0.2, 0.25) is 5.02 Å². The van der Waals surface area contributed by atoms with Crippen LogP contribution < -0.4 is 10.6 Å². The SMILES string of the molecule is C=CNCCC(CCNC(=N)/C=C\C)Cc1cc(F)c(F)c(Cl)c1. The fourth-order valence-electron chi connectivity index (χ4n) is 2.43. The van der Waals surface area contributed by atoms with Gasteiger partial charge in [0, 0.05) is 13.1 Å². The van der Waals surface area contributed by atoms with Crippen LogP contribution in [0.5, 0.6) is 0 Å². The molecule has 0 heterocycles. The monoisotopic (exact) mass is 355 g/mol. The van der Waals surface area contributed by atoms with Gasteiger partial charge in [0.2, 0.25) is 0 Å². The maximum atomic E-state index is 13.5. The van der Waals surface area contributed by atoms with E-state index in [0.717, 1.165) is 19.4 Å². The predicted molar refractivity (Wildman–Crippen MR) is 96.5 cm³/mol. The molecule has 0 saturated heterocycles. The number of hydrogen-bond acceptors (Lipinski definition) is 2. The lowest BCUT2D eigenvalue weighted by atomic mass is 9.93. The third-order valence-electron chi connectivity index (χ3n) is 3.61. The van der Waals surface area contributed by atoms with Gasteiger partial charge in [0.25, 0.3) is 0 Å². The zero-order valence-electron chi connectivity index (χ0n) is 13.8. The summed E-state index contributed by atoms with van der Waals surface area (Å²) >= 11 is 5.72. The molecule has 0 aliphatic heterocycles. The molecule has 0 aliphatic carbocycles. The Kier molecular flexibility index (Phi) is 9.08. The van der Waals surface area contributed by atoms with Crippen molar-refractivity contribution in [2.75, 3.05) is 13.1 Å². The first-order valence-corrected chi connectivity index (χ1v) is 8.28. The van der Waals surface area contributed by atoms with E-state index >= 15 is 0 Å². The first kappa shape index (κ1) is 20.2. The van der Waals surface area contributed by atoms with Gasteiger partial charge in [-0.1, -0.05) is 24.3 Å². The summed E-state index contributed by atoms with van der Waals surface area (Å²) in [6.07, 6.45) is 7.35. The second-order valence-corrected chi connectivity index (χ2v) is 5.93. The van der Waals surface area contributed by atoms with Gasteiger partial charge in [0.1, 0.15) is 5.84 Å². The summed E-state index contributed by atoms with van der Waals surface area (Å²) < 4.78 is 26.8. The summed E-state index contributed by atoms with van der Waals surface area (Å²) in [5, 5.41) is 13.5. The third-order valence-corrected chi connectivity index (χ3v) is 3.89. The predicted octanol–water partition coefficient (Wildman–Crippen LogP) is 4.43. The Labute approximate surface area is 147 Å². The Morgan fingerprint density at radius 3 is 2.67 bits per heavy atom. The van der Waals surface area contributed by atoms with Gasteiger partial charge in [-0.2, -0.15) is 0 Å². The molecule has 0 aromatic heterocycles. The van der Waals surface area contributed by atoms with E-state index in [1.165, 1.54) is 12.1 Å². The Morgan fingerprint density at radius 2 is 2.04 bits per heavy atom. The second-order valence-electron chi connectivity index (χ2n) is 5.52. The number of rotatable bonds is 10. The van der Waals surface area contributed by atoms with Gasteiger partial charge in [-0.05, 0) is 62.1 Å². The zero-order chi connectivity index (χ0) is 17.9. The van der Waals surface area contributed by atoms with Crippen molar-refractivity contribution in [3.63, 3.8) is 0 Å². The molecule has 24 heavy (non-hydrogen) atoms. The molecule has 1 rings (SSSR count). The quantitative estimate of drug-likeness (QED) is 0.251. The van der Waals surface area contributed by atoms with Crippen LogP contribution in [-0.4, -0.2) is 18.9 Å². The Morgan fingerprint density at radius 1 is 1.33 bits per heavy atom. The van der Waals surface area contributed by atoms with E-state index in [1.807, 2.05) is 6.92 Å². The molecule has 1 unspecified atom stereocenters. The van der Waals surface area contributed by atoms with Crippen LogP contribution in [-0.2, 0) is 6.42 Å². The molecule has 1 atom stereocenters. The van der Waals surface area contributed by atoms with Crippen molar-refractivity contribution < 1.29 is 8.78 Å². The maximum Gasteiger partial charge on any atom is 0.177 e. The number of benzene rings is 1. The van der Waals surface area contributed by atoms with E-state index in [-0.39, 0.29) is 10.9 Å². The Bertz CT molecular complexity index is 565. The normalized spacial score (nSPS) is 12.2. The molecule has 3 nitrogen and oxygen atoms in total. The highest BCUT2D eigenvalue weighted by Crippen LogP contribution is 2.23. The van der Waals surface area contributed by atoms with Gasteiger partial charge in [0.05, 0.1) is 5.02 Å². The van der Waals surface area contributed by atoms with Crippen LogP contribution in [0, 0.1) is 23.0 Å². The molecule has 0 radical (unpaired) electrons. The number of hydrogen-bond donors (Lipinski definition) is 3. The molecule has 0 spiro atoms. The van der Waals surface area contributed by atoms with Crippen molar-refractivity contribution in [3.8, 4) is 0 Å². The van der Waals surface area contributed by atoms with E-state index in [2.05, 4.69) is 17.2 Å². The minimum atomic E-state index is -1.01. The molecule has 0 aliphatic rings. The fraction of sp³-hybridized carbons (Fsp3) is 0.389. The maximum absolute atomic E-state index is 13.5. The molecule has 6 heteroatoms. The van der Waals surface area contributed by atoms with Crippen LogP contribution >= 0.6 is 11.6 Å². The fourth-order valence-corrected chi connectivity index (χ4v) is 2.66. The summed E-state index contributed by atoms with van der Waals surface area (Å²) in [7, 11) is 0. The number of halogens is 3. The topological polar surface area (TPSA) is 47.9 Å². The Balaban J connectivity index is 2.67. The van der Waals surface area contributed by atoms with E-state index in [4.69, 9.17) is 17.0 Å². The molecular formula is C18H24ClF2N3. The van der Waals surface area contributed by atoms with Crippen LogP contribution in [0.15, 0.2) is 37.1 Å². The largest absolute Gasteiger partial charge is 0.391 e. The van der Waals surface area contributed by atoms with Crippen LogP contribution in [0.25, 0.3) is 0 Å². The molecule has 0 fully saturated rings. The first-order valence-electron chi connectivity index (χ1n) is 7.90. The van der Waals surface area contributed by atoms with Gasteiger partial charge in [-0.25, -0.2) is 8.78 Å². The van der Waals surface area contributed by atoms with Gasteiger partial charge < -0.3 is 10.6 Å². The minimum absolute atomic E-state index is 0.194. The highest BCUT2D eigenvalue weighted by atomic mass is 35.5. The summed E-state index contributed by atoms with van der Waals surface area (Å²) in [5.41, 5.74) is 0.672. The molecular weight excluding hydrogens is 332 g/mol. The molecule has 1 aromatic rings. The summed E-state index contributed by atoms with van der Waals surface area (Å²) in [6, 6.07) is 2.67. The molecule has 0 amide bonds. The minimum Gasteiger partial charge on any atom is -0.391 e. The zero-order valence-corrected chi connectivity index (χ0v) is 14.6. The van der Waals surface area contributed by atoms with Crippen molar-refractivity contribution in [1.82, 2.24) is 10.6 Å². The highest BCUT2D eigenvalue weighted by molar-refractivity contribution is 6.30. The molecule has 132 valence electrons. The Hall–Kier alpha value is -1.88. The van der Waals surface area contributed by atoms with Gasteiger partial charge in [-0.3, -0.25) is 5.41 Å². The molecule has 1 aromatic carbocycles. The standard InChI is InChI=1S/C18H24ClF2N3/c1-3-5-17(22)24-9-7-13(6-8-23-4-2)10-14-11-15(19)18(21)16(20)12-14/h3-5,11-13,23H,2,6-10H2,1H3,(H2,22,24)/b5-3-. The van der Waals surface area contributed by atoms with Crippen molar-refractivity contribution in [2.45, 2.75) is 26.2 Å². The van der Waals surface area contributed by atoms with Crippen molar-refractivity contribution in [1.29, 1.82) is 5.41 Å². The van der Waals surface area contributed by atoms with E-state index in [1.54, 1.807) is 18.4 Å².